The average Bonchev–Trinajstić information content (AvgIpc) is 2.15. The molecule has 91 valence electrons. The first-order valence-electron chi connectivity index (χ1n) is 5.82. The number of esters is 1. The zero-order valence-electron chi connectivity index (χ0n) is 10.5. The summed E-state index contributed by atoms with van der Waals surface area (Å²) in [5.74, 6) is -0.529. The van der Waals surface area contributed by atoms with Gasteiger partial charge in [-0.1, -0.05) is 39.0 Å². The minimum Gasteiger partial charge on any atom is -0.465 e. The van der Waals surface area contributed by atoms with Crippen molar-refractivity contribution < 1.29 is 14.3 Å². The first-order chi connectivity index (χ1) is 7.16. The lowest BCUT2D eigenvalue weighted by molar-refractivity contribution is -0.145. The summed E-state index contributed by atoms with van der Waals surface area (Å²) in [6, 6.07) is 0. The van der Waals surface area contributed by atoms with Gasteiger partial charge >= 0.3 is 5.97 Å². The fourth-order valence-corrected chi connectivity index (χ4v) is 1.32. The predicted octanol–water partition coefficient (Wildman–Crippen LogP) is 2.49. The van der Waals surface area contributed by atoms with Gasteiger partial charge in [0.05, 0.1) is 6.61 Å². The van der Waals surface area contributed by atoms with Crippen LogP contribution in [0.2, 0.25) is 0 Å². The van der Waals surface area contributed by atoms with Crippen molar-refractivity contribution in [3.05, 3.63) is 0 Å². The molecule has 0 spiro atoms. The fourth-order valence-electron chi connectivity index (χ4n) is 1.32. The summed E-state index contributed by atoms with van der Waals surface area (Å²) in [6.07, 6.45) is 6.92. The fraction of sp³-hybridized carbons (Fsp3) is 0.833. The molecule has 0 bridgehead atoms. The molecule has 0 heterocycles. The van der Waals surface area contributed by atoms with Gasteiger partial charge in [0.2, 0.25) is 0 Å². The van der Waals surface area contributed by atoms with Crippen LogP contribution < -0.4 is 0 Å². The van der Waals surface area contributed by atoms with E-state index in [1.807, 2.05) is 0 Å². The maximum Gasteiger partial charge on any atom is 0.313 e. The smallest absolute Gasteiger partial charge is 0.313 e. The van der Waals surface area contributed by atoms with E-state index in [0.717, 1.165) is 12.8 Å². The number of Topliss-reactive ketones (excluding diaryl/α,β-unsaturated/α-hetero) is 1. The number of hydrogen-bond donors (Lipinski definition) is 0. The van der Waals surface area contributed by atoms with Crippen LogP contribution in [0.15, 0.2) is 0 Å². The highest BCUT2D eigenvalue weighted by Gasteiger charge is 2.05. The molecule has 0 N–H and O–H groups in total. The normalized spacial score (nSPS) is 9.38. The molecule has 16 heavy (non-hydrogen) atoms. The van der Waals surface area contributed by atoms with Gasteiger partial charge in [0.15, 0.2) is 0 Å². The van der Waals surface area contributed by atoms with Gasteiger partial charge in [-0.15, -0.1) is 0 Å². The zero-order chi connectivity index (χ0) is 11.5. The third-order valence-corrected chi connectivity index (χ3v) is 2.15. The van der Waals surface area contributed by atoms with Crippen LogP contribution in [-0.2, 0) is 14.3 Å². The van der Waals surface area contributed by atoms with Crippen molar-refractivity contribution >= 4 is 29.1 Å². The molecule has 0 fully saturated rings. The maximum absolute atomic E-state index is 10.9. The number of hydrogen-bond acceptors (Lipinski definition) is 3. The largest absolute Gasteiger partial charge is 0.465 e. The summed E-state index contributed by atoms with van der Waals surface area (Å²) in [5, 5.41) is 0. The molecule has 0 atom stereocenters. The van der Waals surface area contributed by atoms with Crippen LogP contribution in [0.4, 0.5) is 0 Å². The lowest BCUT2D eigenvalue weighted by Gasteiger charge is -2.03. The van der Waals surface area contributed by atoms with E-state index < -0.39 is 5.97 Å². The van der Waals surface area contributed by atoms with E-state index >= 15 is 0 Å². The molecule has 0 aliphatic rings. The topological polar surface area (TPSA) is 43.4 Å². The predicted molar refractivity (Wildman–Crippen MR) is 65.4 cm³/mol. The first-order valence-corrected chi connectivity index (χ1v) is 5.82. The second kappa shape index (κ2) is 12.7. The Morgan fingerprint density at radius 1 is 1.00 bits per heavy atom. The van der Waals surface area contributed by atoms with Crippen molar-refractivity contribution in [2.75, 3.05) is 6.61 Å². The van der Waals surface area contributed by atoms with Crippen LogP contribution in [0, 0.1) is 0 Å². The van der Waals surface area contributed by atoms with Crippen molar-refractivity contribution in [2.24, 2.45) is 0 Å². The minimum absolute atomic E-state index is 0. The Hall–Kier alpha value is -0.328. The molecule has 0 aliphatic carbocycles. The molecular formula is C12H22AlO3. The number of carbonyl (C=O) groups is 2. The summed E-state index contributed by atoms with van der Waals surface area (Å²) >= 11 is 0. The van der Waals surface area contributed by atoms with Crippen molar-refractivity contribution in [1.82, 2.24) is 0 Å². The van der Waals surface area contributed by atoms with Crippen LogP contribution in [0.3, 0.4) is 0 Å². The number of ether oxygens (including phenoxy) is 1. The van der Waals surface area contributed by atoms with Crippen molar-refractivity contribution in [1.29, 1.82) is 0 Å². The van der Waals surface area contributed by atoms with E-state index in [9.17, 15) is 9.59 Å². The van der Waals surface area contributed by atoms with Crippen LogP contribution in [-0.4, -0.2) is 35.7 Å². The number of rotatable bonds is 9. The molecule has 0 saturated heterocycles. The van der Waals surface area contributed by atoms with Crippen molar-refractivity contribution in [2.45, 2.75) is 58.8 Å². The SMILES string of the molecule is CCCCCCCCOC(=O)CC(C)=O.[Al]. The summed E-state index contributed by atoms with van der Waals surface area (Å²) in [6.45, 7) is 4.04. The second-order valence-electron chi connectivity index (χ2n) is 3.87. The summed E-state index contributed by atoms with van der Waals surface area (Å²) < 4.78 is 4.90. The highest BCUT2D eigenvalue weighted by Crippen LogP contribution is 2.05. The lowest BCUT2D eigenvalue weighted by Crippen LogP contribution is -2.09. The second-order valence-corrected chi connectivity index (χ2v) is 3.87. The lowest BCUT2D eigenvalue weighted by atomic mass is 10.1. The van der Waals surface area contributed by atoms with Gasteiger partial charge in [0, 0.05) is 17.4 Å². The van der Waals surface area contributed by atoms with Gasteiger partial charge in [-0.2, -0.15) is 0 Å². The molecule has 0 amide bonds. The van der Waals surface area contributed by atoms with E-state index in [2.05, 4.69) is 6.92 Å². The molecule has 3 radical (unpaired) electrons. The number of ketones is 1. The van der Waals surface area contributed by atoms with E-state index in [0.29, 0.717) is 6.61 Å². The number of unbranched alkanes of at least 4 members (excludes halogenated alkanes) is 5. The highest BCUT2D eigenvalue weighted by atomic mass is 27.0. The molecule has 0 rings (SSSR count). The summed E-state index contributed by atoms with van der Waals surface area (Å²) in [5.41, 5.74) is 0. The van der Waals surface area contributed by atoms with Gasteiger partial charge in [-0.25, -0.2) is 0 Å². The Morgan fingerprint density at radius 3 is 2.12 bits per heavy atom. The molecule has 0 saturated carbocycles. The van der Waals surface area contributed by atoms with Crippen molar-refractivity contribution in [3.8, 4) is 0 Å². The average molecular weight is 241 g/mol. The molecule has 0 aromatic rings. The Morgan fingerprint density at radius 2 is 1.56 bits per heavy atom. The Labute approximate surface area is 109 Å². The maximum atomic E-state index is 10.9. The molecular weight excluding hydrogens is 219 g/mol. The monoisotopic (exact) mass is 241 g/mol. The standard InChI is InChI=1S/C12H22O3.Al/c1-3-4-5-6-7-8-9-15-12(14)10-11(2)13;/h3-10H2,1-2H3;. The van der Waals surface area contributed by atoms with E-state index in [4.69, 9.17) is 4.74 Å². The van der Waals surface area contributed by atoms with Crippen LogP contribution >= 0.6 is 0 Å². The number of carbonyl (C=O) groups excluding carboxylic acids is 2. The third kappa shape index (κ3) is 13.7. The Balaban J connectivity index is 0. The molecule has 0 unspecified atom stereocenters. The van der Waals surface area contributed by atoms with E-state index in [1.165, 1.54) is 32.6 Å². The highest BCUT2D eigenvalue weighted by molar-refractivity contribution is 5.94. The van der Waals surface area contributed by atoms with Crippen molar-refractivity contribution in [3.63, 3.8) is 0 Å². The van der Waals surface area contributed by atoms with Gasteiger partial charge in [0.1, 0.15) is 12.2 Å². The van der Waals surface area contributed by atoms with Crippen LogP contribution in [0.5, 0.6) is 0 Å². The van der Waals surface area contributed by atoms with E-state index in [-0.39, 0.29) is 29.6 Å². The van der Waals surface area contributed by atoms with E-state index in [1.54, 1.807) is 0 Å². The quantitative estimate of drug-likeness (QED) is 0.269. The minimum atomic E-state index is -0.393. The van der Waals surface area contributed by atoms with Gasteiger partial charge < -0.3 is 4.74 Å². The van der Waals surface area contributed by atoms with Crippen LogP contribution in [0.1, 0.15) is 58.8 Å². The Bertz CT molecular complexity index is 193. The molecule has 0 aromatic heterocycles. The Kier molecular flexibility index (Phi) is 14.4. The molecule has 4 heteroatoms. The molecule has 0 aromatic carbocycles. The summed E-state index contributed by atoms with van der Waals surface area (Å²) in [7, 11) is 0. The molecule has 0 aliphatic heterocycles. The summed E-state index contributed by atoms with van der Waals surface area (Å²) in [4.78, 5) is 21.5. The van der Waals surface area contributed by atoms with Gasteiger partial charge in [-0.05, 0) is 13.3 Å². The first kappa shape index (κ1) is 18.0. The van der Waals surface area contributed by atoms with Crippen LogP contribution in [0.25, 0.3) is 0 Å². The third-order valence-electron chi connectivity index (χ3n) is 2.15. The van der Waals surface area contributed by atoms with Gasteiger partial charge in [0.25, 0.3) is 0 Å². The van der Waals surface area contributed by atoms with Gasteiger partial charge in [-0.3, -0.25) is 9.59 Å². The molecule has 3 nitrogen and oxygen atoms in total. The zero-order valence-corrected chi connectivity index (χ0v) is 11.6.